The molecule has 11 heteroatoms. The van der Waals surface area contributed by atoms with E-state index in [1.807, 2.05) is 6.07 Å². The second-order valence-corrected chi connectivity index (χ2v) is 11.3. The summed E-state index contributed by atoms with van der Waals surface area (Å²) in [6.07, 6.45) is 6.61. The molecule has 2 aliphatic heterocycles. The lowest BCUT2D eigenvalue weighted by Gasteiger charge is -2.31. The first kappa shape index (κ1) is 23.3. The fraction of sp³-hybridized carbons (Fsp3) is 0.565. The first-order valence-electron chi connectivity index (χ1n) is 12.0. The highest BCUT2D eigenvalue weighted by Crippen LogP contribution is 2.42. The van der Waals surface area contributed by atoms with Crippen molar-refractivity contribution in [2.24, 2.45) is 5.73 Å². The molecule has 0 spiro atoms. The van der Waals surface area contributed by atoms with Gasteiger partial charge in [0.25, 0.3) is 0 Å². The number of anilines is 2. The van der Waals surface area contributed by atoms with E-state index < -0.39 is 10.0 Å². The smallest absolute Gasteiger partial charge is 0.350 e. The summed E-state index contributed by atoms with van der Waals surface area (Å²) >= 11 is 0. The third-order valence-electron chi connectivity index (χ3n) is 7.03. The molecule has 0 amide bonds. The number of aromatic nitrogens is 2. The standard InChI is InChI=1S/C23H32N6O4S/c24-9-12-34(31,32)28-17-2-4-18(5-3-17)29-14-21-22(27-23(29)30)26-19-13-16(1-6-20(19)33-21)15-7-10-25-11-8-15/h1,6,13-15,17-18,25,28H,2-5,7-12,24H2,(H,26,27,30)/t17-,18-. The lowest BCUT2D eigenvalue weighted by atomic mass is 9.90. The van der Waals surface area contributed by atoms with Crippen LogP contribution in [0.15, 0.2) is 29.2 Å². The van der Waals surface area contributed by atoms with E-state index in [0.717, 1.165) is 37.4 Å². The number of nitrogens with zero attached hydrogens (tertiary/aromatic N) is 2. The molecule has 2 fully saturated rings. The van der Waals surface area contributed by atoms with Crippen LogP contribution in [-0.4, -0.2) is 49.4 Å². The second kappa shape index (κ2) is 9.65. The Labute approximate surface area is 199 Å². The average Bonchev–Trinajstić information content (AvgIpc) is 2.83. The molecule has 1 saturated carbocycles. The Kier molecular flexibility index (Phi) is 6.61. The molecule has 0 radical (unpaired) electrons. The highest BCUT2D eigenvalue weighted by Gasteiger charge is 2.28. The Hall–Kier alpha value is -2.47. The van der Waals surface area contributed by atoms with Gasteiger partial charge in [-0.15, -0.1) is 0 Å². The van der Waals surface area contributed by atoms with Gasteiger partial charge in [-0.1, -0.05) is 6.07 Å². The van der Waals surface area contributed by atoms with Crippen molar-refractivity contribution in [3.05, 3.63) is 40.4 Å². The molecule has 2 aromatic rings. The molecule has 5 N–H and O–H groups in total. The summed E-state index contributed by atoms with van der Waals surface area (Å²) in [7, 11) is -3.36. The van der Waals surface area contributed by atoms with Gasteiger partial charge < -0.3 is 21.1 Å². The molecular formula is C23H32N6O4S. The van der Waals surface area contributed by atoms with Gasteiger partial charge in [0.15, 0.2) is 17.3 Å². The van der Waals surface area contributed by atoms with Crippen LogP contribution in [0.5, 0.6) is 11.5 Å². The average molecular weight is 489 g/mol. The van der Waals surface area contributed by atoms with Crippen molar-refractivity contribution in [2.75, 3.05) is 30.7 Å². The molecule has 34 heavy (non-hydrogen) atoms. The minimum Gasteiger partial charge on any atom is -0.450 e. The Morgan fingerprint density at radius 3 is 2.62 bits per heavy atom. The topological polar surface area (TPSA) is 140 Å². The Bertz CT molecular complexity index is 1200. The van der Waals surface area contributed by atoms with Crippen molar-refractivity contribution in [1.29, 1.82) is 0 Å². The molecule has 1 aliphatic carbocycles. The molecule has 0 bridgehead atoms. The van der Waals surface area contributed by atoms with Gasteiger partial charge in [0, 0.05) is 18.6 Å². The molecule has 184 valence electrons. The van der Waals surface area contributed by atoms with Crippen molar-refractivity contribution < 1.29 is 13.2 Å². The molecule has 1 saturated heterocycles. The van der Waals surface area contributed by atoms with Crippen LogP contribution in [0.25, 0.3) is 0 Å². The maximum absolute atomic E-state index is 12.8. The van der Waals surface area contributed by atoms with E-state index in [4.69, 9.17) is 10.5 Å². The largest absolute Gasteiger partial charge is 0.450 e. The molecule has 0 unspecified atom stereocenters. The molecule has 3 aliphatic rings. The number of sulfonamides is 1. The number of hydrogen-bond acceptors (Lipinski definition) is 8. The van der Waals surface area contributed by atoms with Crippen molar-refractivity contribution in [1.82, 2.24) is 19.6 Å². The molecular weight excluding hydrogens is 456 g/mol. The monoisotopic (exact) mass is 488 g/mol. The first-order chi connectivity index (χ1) is 16.4. The summed E-state index contributed by atoms with van der Waals surface area (Å²) in [6.45, 7) is 2.14. The zero-order chi connectivity index (χ0) is 23.7. The molecule has 5 rings (SSSR count). The molecule has 1 aromatic carbocycles. The van der Waals surface area contributed by atoms with Gasteiger partial charge in [-0.25, -0.2) is 17.9 Å². The van der Waals surface area contributed by atoms with E-state index in [1.54, 1.807) is 10.8 Å². The minimum atomic E-state index is -3.36. The van der Waals surface area contributed by atoms with Gasteiger partial charge in [-0.3, -0.25) is 4.57 Å². The lowest BCUT2D eigenvalue weighted by Crippen LogP contribution is -2.41. The van der Waals surface area contributed by atoms with Crippen LogP contribution in [0.3, 0.4) is 0 Å². The second-order valence-electron chi connectivity index (χ2n) is 9.38. The predicted molar refractivity (Wildman–Crippen MR) is 130 cm³/mol. The Morgan fingerprint density at radius 2 is 1.88 bits per heavy atom. The van der Waals surface area contributed by atoms with Gasteiger partial charge in [0.2, 0.25) is 10.0 Å². The van der Waals surface area contributed by atoms with Gasteiger partial charge in [-0.2, -0.15) is 4.98 Å². The maximum Gasteiger partial charge on any atom is 0.350 e. The van der Waals surface area contributed by atoms with Crippen LogP contribution in [0.2, 0.25) is 0 Å². The maximum atomic E-state index is 12.8. The lowest BCUT2D eigenvalue weighted by molar-refractivity contribution is 0.300. The number of ether oxygens (including phenoxy) is 1. The molecule has 10 nitrogen and oxygen atoms in total. The normalized spacial score (nSPS) is 22.9. The number of piperidine rings is 1. The molecule has 3 heterocycles. The van der Waals surface area contributed by atoms with Crippen LogP contribution >= 0.6 is 0 Å². The number of fused-ring (bicyclic) bond motifs is 2. The fourth-order valence-corrected chi connectivity index (χ4v) is 6.38. The van der Waals surface area contributed by atoms with E-state index >= 15 is 0 Å². The van der Waals surface area contributed by atoms with Crippen LogP contribution in [0, 0.1) is 0 Å². The van der Waals surface area contributed by atoms with E-state index in [2.05, 4.69) is 32.5 Å². The summed E-state index contributed by atoms with van der Waals surface area (Å²) in [6, 6.07) is 6.03. The number of benzene rings is 1. The zero-order valence-corrected chi connectivity index (χ0v) is 19.9. The van der Waals surface area contributed by atoms with E-state index in [9.17, 15) is 13.2 Å². The van der Waals surface area contributed by atoms with E-state index in [0.29, 0.717) is 43.2 Å². The highest BCUT2D eigenvalue weighted by molar-refractivity contribution is 7.89. The predicted octanol–water partition coefficient (Wildman–Crippen LogP) is 1.92. The highest BCUT2D eigenvalue weighted by atomic mass is 32.2. The van der Waals surface area contributed by atoms with Crippen molar-refractivity contribution >= 4 is 21.5 Å². The minimum absolute atomic E-state index is 0.0483. The van der Waals surface area contributed by atoms with Crippen LogP contribution in [0.1, 0.15) is 56.0 Å². The summed E-state index contributed by atoms with van der Waals surface area (Å²) in [5.41, 5.74) is 7.15. The molecule has 1 aromatic heterocycles. The SMILES string of the molecule is NCCS(=O)(=O)N[C@H]1CC[C@H](n2cc3c(nc2=O)Nc2cc(C4CCNCC4)ccc2O3)CC1. The van der Waals surface area contributed by atoms with Crippen LogP contribution in [0.4, 0.5) is 11.5 Å². The number of nitrogens with two attached hydrogens (primary N) is 1. The quantitative estimate of drug-likeness (QED) is 0.413. The summed E-state index contributed by atoms with van der Waals surface area (Å²) < 4.78 is 34.5. The van der Waals surface area contributed by atoms with Crippen molar-refractivity contribution in [3.8, 4) is 11.5 Å². The third-order valence-corrected chi connectivity index (χ3v) is 8.49. The van der Waals surface area contributed by atoms with Crippen molar-refractivity contribution in [2.45, 2.75) is 56.5 Å². The summed E-state index contributed by atoms with van der Waals surface area (Å²) in [5.74, 6) is 2.11. The zero-order valence-electron chi connectivity index (χ0n) is 19.1. The van der Waals surface area contributed by atoms with Crippen molar-refractivity contribution in [3.63, 3.8) is 0 Å². The van der Waals surface area contributed by atoms with Crippen LogP contribution in [-0.2, 0) is 10.0 Å². The Balaban J connectivity index is 1.28. The molecule has 0 atom stereocenters. The van der Waals surface area contributed by atoms with E-state index in [-0.39, 0.29) is 30.1 Å². The Morgan fingerprint density at radius 1 is 1.12 bits per heavy atom. The third kappa shape index (κ3) is 4.97. The summed E-state index contributed by atoms with van der Waals surface area (Å²) in [5, 5.41) is 6.68. The fourth-order valence-electron chi connectivity index (χ4n) is 5.21. The van der Waals surface area contributed by atoms with Crippen LogP contribution < -0.4 is 31.5 Å². The van der Waals surface area contributed by atoms with Gasteiger partial charge in [0.05, 0.1) is 17.6 Å². The number of nitrogens with one attached hydrogen (secondary N) is 3. The van der Waals surface area contributed by atoms with Gasteiger partial charge in [-0.05, 0) is 75.2 Å². The summed E-state index contributed by atoms with van der Waals surface area (Å²) in [4.78, 5) is 17.1. The van der Waals surface area contributed by atoms with E-state index in [1.165, 1.54) is 5.56 Å². The van der Waals surface area contributed by atoms with Gasteiger partial charge in [0.1, 0.15) is 0 Å². The van der Waals surface area contributed by atoms with Gasteiger partial charge >= 0.3 is 5.69 Å². The number of rotatable bonds is 6. The number of hydrogen-bond donors (Lipinski definition) is 4. The first-order valence-corrected chi connectivity index (χ1v) is 13.7.